The van der Waals surface area contributed by atoms with Crippen LogP contribution in [-0.4, -0.2) is 95.6 Å². The Kier molecular flexibility index (Phi) is 10.4. The van der Waals surface area contributed by atoms with Gasteiger partial charge in [-0.15, -0.1) is 10.2 Å². The molecule has 274 valence electrons. The van der Waals surface area contributed by atoms with Crippen LogP contribution in [0.25, 0.3) is 11.1 Å². The number of alkyl halides is 3. The van der Waals surface area contributed by atoms with Crippen molar-refractivity contribution >= 4 is 11.6 Å². The monoisotopic (exact) mass is 721 g/mol. The quantitative estimate of drug-likeness (QED) is 0.160. The van der Waals surface area contributed by atoms with E-state index in [1.165, 1.54) is 6.33 Å². The van der Waals surface area contributed by atoms with E-state index < -0.39 is 12.8 Å². The highest BCUT2D eigenvalue weighted by Gasteiger charge is 2.38. The molecule has 1 aromatic carbocycles. The predicted molar refractivity (Wildman–Crippen MR) is 178 cm³/mol. The highest BCUT2D eigenvalue weighted by molar-refractivity contribution is 5.67. The molecule has 1 N–H and O–H groups in total. The van der Waals surface area contributed by atoms with Crippen molar-refractivity contribution in [3.8, 4) is 28.8 Å². The number of hydrogen-bond donors (Lipinski definition) is 1. The van der Waals surface area contributed by atoms with Crippen molar-refractivity contribution in [2.75, 3.05) is 31.7 Å². The molecular formula is C34H38F3N11O4. The maximum Gasteiger partial charge on any atom is 0.411 e. The summed E-state index contributed by atoms with van der Waals surface area (Å²) in [6.07, 6.45) is 9.28. The number of nitriles is 1. The minimum Gasteiger partial charge on any atom is -0.494 e. The van der Waals surface area contributed by atoms with Gasteiger partial charge in [0, 0.05) is 43.0 Å². The van der Waals surface area contributed by atoms with Crippen molar-refractivity contribution in [3.05, 3.63) is 60.6 Å². The fraction of sp³-hybridized carbons (Fsp3) is 0.500. The summed E-state index contributed by atoms with van der Waals surface area (Å²) < 4.78 is 63.3. The Balaban J connectivity index is 1.02. The molecule has 1 saturated heterocycles. The second kappa shape index (κ2) is 15.4. The molecular weight excluding hydrogens is 683 g/mol. The number of ether oxygens (including phenoxy) is 4. The van der Waals surface area contributed by atoms with E-state index in [0.29, 0.717) is 53.0 Å². The van der Waals surface area contributed by atoms with Gasteiger partial charge in [0.05, 0.1) is 43.6 Å². The first-order valence-corrected chi connectivity index (χ1v) is 17.2. The van der Waals surface area contributed by atoms with Crippen LogP contribution in [0.15, 0.2) is 55.1 Å². The molecule has 2 atom stereocenters. The van der Waals surface area contributed by atoms with Crippen molar-refractivity contribution in [2.24, 2.45) is 0 Å². The van der Waals surface area contributed by atoms with Gasteiger partial charge in [-0.1, -0.05) is 6.07 Å². The van der Waals surface area contributed by atoms with Gasteiger partial charge in [0.2, 0.25) is 5.95 Å². The van der Waals surface area contributed by atoms with Crippen LogP contribution < -0.4 is 14.8 Å². The topological polar surface area (TPSA) is 163 Å². The minimum atomic E-state index is -4.38. The number of nitrogens with zero attached hydrogens (tertiary/aromatic N) is 10. The number of halogens is 3. The Morgan fingerprint density at radius 3 is 2.58 bits per heavy atom. The molecule has 1 saturated carbocycles. The molecule has 2 bridgehead atoms. The first-order valence-electron chi connectivity index (χ1n) is 17.2. The summed E-state index contributed by atoms with van der Waals surface area (Å²) in [6.45, 7) is 1.73. The van der Waals surface area contributed by atoms with Crippen molar-refractivity contribution in [1.29, 1.82) is 5.26 Å². The third-order valence-corrected chi connectivity index (χ3v) is 9.21. The Bertz CT molecular complexity index is 1870. The smallest absolute Gasteiger partial charge is 0.411 e. The molecule has 2 aliphatic heterocycles. The minimum absolute atomic E-state index is 0.101. The van der Waals surface area contributed by atoms with Crippen LogP contribution in [0.5, 0.6) is 11.6 Å². The van der Waals surface area contributed by atoms with Crippen LogP contribution in [0.2, 0.25) is 0 Å². The number of nitrogens with one attached hydrogen (secondary N) is 1. The van der Waals surface area contributed by atoms with E-state index in [0.717, 1.165) is 50.0 Å². The van der Waals surface area contributed by atoms with Gasteiger partial charge in [0.25, 0.3) is 5.88 Å². The van der Waals surface area contributed by atoms with Crippen molar-refractivity contribution < 1.29 is 32.1 Å². The van der Waals surface area contributed by atoms with Gasteiger partial charge in [0.1, 0.15) is 48.9 Å². The Morgan fingerprint density at radius 1 is 1.08 bits per heavy atom. The van der Waals surface area contributed by atoms with E-state index >= 15 is 0 Å². The number of benzene rings is 1. The zero-order valence-corrected chi connectivity index (χ0v) is 28.4. The van der Waals surface area contributed by atoms with Gasteiger partial charge < -0.3 is 29.2 Å². The van der Waals surface area contributed by atoms with E-state index in [-0.39, 0.29) is 31.8 Å². The van der Waals surface area contributed by atoms with Gasteiger partial charge in [-0.05, 0) is 60.7 Å². The Labute approximate surface area is 297 Å². The standard InChI is InChI=1S/C34H38F3N11O4/c1-22(16-46-21-41-44-45-46)52-31-11-23(3-4-24(31)13-38)25-14-39-33(40-15-25)42-30-18-48(43-32(30)50-10-2-9-49-20-34(35,36)37)27-7-5-26(6-8-27)47-17-29-12-28(47)19-51-29/h3-4,11,14-15,17-18,21-22,26-28H,2,5-10,12,16,19-20H2,1H3,(H,39,40,42)/t22-,26?,27?,28+/m0/s1. The lowest BCUT2D eigenvalue weighted by molar-refractivity contribution is -0.174. The molecule has 0 spiro atoms. The Morgan fingerprint density at radius 2 is 1.88 bits per heavy atom. The summed E-state index contributed by atoms with van der Waals surface area (Å²) in [6, 6.07) is 8.47. The third-order valence-electron chi connectivity index (χ3n) is 9.21. The highest BCUT2D eigenvalue weighted by atomic mass is 19.4. The number of anilines is 2. The van der Waals surface area contributed by atoms with Crippen LogP contribution in [0.3, 0.4) is 0 Å². The maximum atomic E-state index is 12.5. The summed E-state index contributed by atoms with van der Waals surface area (Å²) in [5.74, 6) is 2.09. The molecule has 2 fully saturated rings. The van der Waals surface area contributed by atoms with Crippen LogP contribution in [0.4, 0.5) is 24.8 Å². The average molecular weight is 722 g/mol. The second-order valence-electron chi connectivity index (χ2n) is 13.1. The second-order valence-corrected chi connectivity index (χ2v) is 13.1. The number of aromatic nitrogens is 8. The van der Waals surface area contributed by atoms with Crippen molar-refractivity contribution in [1.82, 2.24) is 44.9 Å². The first kappa shape index (κ1) is 35.0. The number of rotatable bonds is 15. The molecule has 3 aliphatic rings. The van der Waals surface area contributed by atoms with E-state index in [1.54, 1.807) is 35.3 Å². The fourth-order valence-corrected chi connectivity index (χ4v) is 6.74. The zero-order valence-electron chi connectivity index (χ0n) is 28.4. The van der Waals surface area contributed by atoms with Gasteiger partial charge >= 0.3 is 6.18 Å². The maximum absolute atomic E-state index is 12.5. The molecule has 7 rings (SSSR count). The summed E-state index contributed by atoms with van der Waals surface area (Å²) in [7, 11) is 0. The summed E-state index contributed by atoms with van der Waals surface area (Å²) >= 11 is 0. The van der Waals surface area contributed by atoms with Crippen LogP contribution in [-0.2, 0) is 16.0 Å². The van der Waals surface area contributed by atoms with E-state index in [4.69, 9.17) is 24.0 Å². The van der Waals surface area contributed by atoms with Crippen LogP contribution in [0, 0.1) is 11.3 Å². The molecule has 1 aliphatic carbocycles. The Hall–Kier alpha value is -5.44. The molecule has 0 radical (unpaired) electrons. The summed E-state index contributed by atoms with van der Waals surface area (Å²) in [5, 5.41) is 28.7. The SMILES string of the molecule is C[C@@H](Cn1cnnn1)Oc1cc(-c2cnc(Nc3cn(C4CCC(N5C=C6C[C@@H]5CO6)CC4)nc3OCCCOCC(F)(F)F)nc2)ccc1C#N. The average Bonchev–Trinajstić information content (AvgIpc) is 3.97. The lowest BCUT2D eigenvalue weighted by Gasteiger charge is -2.38. The van der Waals surface area contributed by atoms with Crippen LogP contribution >= 0.6 is 0 Å². The first-order chi connectivity index (χ1) is 25.2. The lowest BCUT2D eigenvalue weighted by atomic mass is 9.90. The van der Waals surface area contributed by atoms with E-state index in [1.807, 2.05) is 17.8 Å². The van der Waals surface area contributed by atoms with Gasteiger partial charge in [-0.25, -0.2) is 14.6 Å². The number of fused-ring (bicyclic) bond motifs is 2. The lowest BCUT2D eigenvalue weighted by Crippen LogP contribution is -2.41. The van der Waals surface area contributed by atoms with Gasteiger partial charge in [0.15, 0.2) is 0 Å². The molecule has 4 aromatic rings. The number of tetrazole rings is 1. The summed E-state index contributed by atoms with van der Waals surface area (Å²) in [4.78, 5) is 11.5. The van der Waals surface area contributed by atoms with Crippen LogP contribution in [0.1, 0.15) is 57.1 Å². The fourth-order valence-electron chi connectivity index (χ4n) is 6.74. The molecule has 52 heavy (non-hydrogen) atoms. The largest absolute Gasteiger partial charge is 0.494 e. The summed E-state index contributed by atoms with van der Waals surface area (Å²) in [5.41, 5.74) is 2.37. The molecule has 3 aromatic heterocycles. The zero-order chi connectivity index (χ0) is 36.1. The normalized spacial score (nSPS) is 20.2. The molecule has 5 heterocycles. The molecule has 15 nitrogen and oxygen atoms in total. The van der Waals surface area contributed by atoms with Gasteiger partial charge in [-0.2, -0.15) is 18.4 Å². The predicted octanol–water partition coefficient (Wildman–Crippen LogP) is 5.19. The molecule has 0 amide bonds. The van der Waals surface area contributed by atoms with Crippen molar-refractivity contribution in [2.45, 2.75) is 82.4 Å². The highest BCUT2D eigenvalue weighted by Crippen LogP contribution is 2.39. The van der Waals surface area contributed by atoms with E-state index in [9.17, 15) is 18.4 Å². The molecule has 0 unspecified atom stereocenters. The van der Waals surface area contributed by atoms with E-state index in [2.05, 4.69) is 48.0 Å². The number of hydrogen-bond acceptors (Lipinski definition) is 13. The van der Waals surface area contributed by atoms with Crippen molar-refractivity contribution in [3.63, 3.8) is 0 Å². The molecule has 18 heteroatoms. The van der Waals surface area contributed by atoms with Gasteiger partial charge in [-0.3, -0.25) is 4.68 Å². The third kappa shape index (κ3) is 8.53.